The predicted molar refractivity (Wildman–Crippen MR) is 347 cm³/mol. The van der Waals surface area contributed by atoms with Crippen LogP contribution in [0.3, 0.4) is 0 Å². The molecule has 12 aromatic rings. The van der Waals surface area contributed by atoms with Gasteiger partial charge in [-0.3, -0.25) is 14.4 Å². The van der Waals surface area contributed by atoms with Gasteiger partial charge in [0.1, 0.15) is 56.6 Å². The van der Waals surface area contributed by atoms with Crippen LogP contribution in [0.1, 0.15) is 90.4 Å². The second kappa shape index (κ2) is 33.9. The Bertz CT molecular complexity index is 5020. The number of aromatic carboxylic acids is 1. The number of fused-ring (bicyclic) bond motifs is 3. The molecule has 0 atom stereocenters. The molecule has 0 radical (unpaired) electrons. The molecular weight excluding hydrogens is 1420 g/mol. The molecule has 0 aliphatic heterocycles. The van der Waals surface area contributed by atoms with Crippen molar-refractivity contribution in [2.24, 2.45) is 0 Å². The molecule has 0 aliphatic rings. The number of carboxylic acid groups (broad SMARTS) is 1. The summed E-state index contributed by atoms with van der Waals surface area (Å²) in [5.41, 5.74) is 6.74. The second-order valence-corrected chi connectivity index (χ2v) is 23.8. The monoisotopic (exact) mass is 1460 g/mol. The molecule has 0 saturated heterocycles. The van der Waals surface area contributed by atoms with Gasteiger partial charge in [-0.25, -0.2) is 67.4 Å². The van der Waals surface area contributed by atoms with Crippen LogP contribution < -0.4 is 24.6 Å². The molecular formula is C65H46Cl3F9LiN7O10S3. The minimum absolute atomic E-state index is 0. The quantitative estimate of drug-likeness (QED) is 0.0272. The van der Waals surface area contributed by atoms with Gasteiger partial charge in [-0.2, -0.15) is 15.3 Å². The van der Waals surface area contributed by atoms with Crippen LogP contribution in [0.15, 0.2) is 126 Å². The number of ketones is 2. The number of methoxy groups -OCH3 is 2. The molecule has 12 rings (SSSR count). The summed E-state index contributed by atoms with van der Waals surface area (Å²) in [6.07, 6.45) is 3.95. The molecule has 0 aliphatic carbocycles. The number of ether oxygens (including phenoxy) is 2. The van der Waals surface area contributed by atoms with Gasteiger partial charge >= 0.3 is 36.8 Å². The minimum Gasteiger partial charge on any atom is -0.870 e. The number of rotatable bonds is 13. The molecule has 0 bridgehead atoms. The Balaban J connectivity index is 0.000000211. The number of pyridine rings is 3. The van der Waals surface area contributed by atoms with Crippen molar-refractivity contribution in [2.75, 3.05) is 25.3 Å². The Morgan fingerprint density at radius 3 is 1.16 bits per heavy atom. The van der Waals surface area contributed by atoms with Crippen molar-refractivity contribution >= 4 is 126 Å². The van der Waals surface area contributed by atoms with E-state index >= 15 is 0 Å². The van der Waals surface area contributed by atoms with Gasteiger partial charge in [-0.15, -0.1) is 57.2 Å². The first-order valence-electron chi connectivity index (χ1n) is 27.3. The van der Waals surface area contributed by atoms with Crippen molar-refractivity contribution in [3.63, 3.8) is 0 Å². The van der Waals surface area contributed by atoms with E-state index in [-0.39, 0.29) is 158 Å². The first-order chi connectivity index (χ1) is 45.6. The summed E-state index contributed by atoms with van der Waals surface area (Å²) in [5, 5.41) is 25.5. The van der Waals surface area contributed by atoms with E-state index in [1.165, 1.54) is 161 Å². The molecule has 98 heavy (non-hydrogen) atoms. The van der Waals surface area contributed by atoms with Crippen LogP contribution in [0.25, 0.3) is 47.9 Å². The van der Waals surface area contributed by atoms with Gasteiger partial charge in [-0.05, 0) is 126 Å². The minimum atomic E-state index is -1.37. The number of esters is 2. The first kappa shape index (κ1) is 77.8. The van der Waals surface area contributed by atoms with Crippen LogP contribution in [-0.2, 0) is 22.3 Å². The summed E-state index contributed by atoms with van der Waals surface area (Å²) in [6.45, 7) is 4.29. The zero-order valence-corrected chi connectivity index (χ0v) is 56.1. The number of hydrogen-bond acceptors (Lipinski definition) is 16. The van der Waals surface area contributed by atoms with E-state index in [4.69, 9.17) is 45.3 Å². The molecule has 0 unspecified atom stereocenters. The third-order valence-electron chi connectivity index (χ3n) is 13.9. The summed E-state index contributed by atoms with van der Waals surface area (Å²) < 4.78 is 138. The van der Waals surface area contributed by atoms with Crippen molar-refractivity contribution in [1.82, 2.24) is 28.8 Å². The number of nitrogens with two attached hydrogens (primary N) is 1. The number of carboxylic acids is 1. The Morgan fingerprint density at radius 2 is 0.816 bits per heavy atom. The number of aryl methyl sites for hydroxylation is 3. The van der Waals surface area contributed by atoms with Crippen LogP contribution in [0.2, 0.25) is 0 Å². The van der Waals surface area contributed by atoms with Crippen LogP contribution in [0.4, 0.5) is 45.2 Å². The van der Waals surface area contributed by atoms with Gasteiger partial charge in [0, 0.05) is 53.5 Å². The predicted octanol–water partition coefficient (Wildman–Crippen LogP) is 13.4. The zero-order chi connectivity index (χ0) is 70.1. The number of Topliss-reactive ketones (excluding diaryl/α,β-unsaturated/α-hetero) is 2. The fraction of sp³-hybridized carbons (Fsp3) is 0.123. The van der Waals surface area contributed by atoms with E-state index in [2.05, 4.69) is 20.0 Å². The van der Waals surface area contributed by atoms with Gasteiger partial charge in [0.05, 0.1) is 51.0 Å². The third kappa shape index (κ3) is 16.9. The number of aromatic nitrogens is 6. The molecule has 4 N–H and O–H groups in total. The van der Waals surface area contributed by atoms with E-state index in [0.717, 1.165) is 41.1 Å². The number of benzene rings is 3. The Hall–Kier alpha value is -9.15. The van der Waals surface area contributed by atoms with E-state index in [9.17, 15) is 73.4 Å². The third-order valence-corrected chi connectivity index (χ3v) is 17.3. The molecule has 0 fully saturated rings. The average molecular weight is 1470 g/mol. The van der Waals surface area contributed by atoms with Crippen molar-refractivity contribution in [3.8, 4) is 31.3 Å². The number of carbonyl (C=O) groups excluding carboxylic acids is 5. The maximum absolute atomic E-state index is 14.6. The average Bonchev–Trinajstić information content (AvgIpc) is 1.61. The molecule has 9 heterocycles. The van der Waals surface area contributed by atoms with Gasteiger partial charge in [-0.1, -0.05) is 36.4 Å². The molecule has 17 nitrogen and oxygen atoms in total. The number of hydrogen-bond donors (Lipinski definition) is 2. The van der Waals surface area contributed by atoms with Gasteiger partial charge in [0.25, 0.3) is 5.24 Å². The number of thiophene rings is 3. The topological polar surface area (TPSA) is 249 Å². The zero-order valence-electron chi connectivity index (χ0n) is 51.4. The summed E-state index contributed by atoms with van der Waals surface area (Å²) in [6, 6.07) is 20.4. The standard InChI is InChI=1S/C22H15F3N2O3S.C21H13F3N2O3S.C13H11F2NO2S.C8H4ClFN2O.CH2Cl2.Li.H2O/c1-11-5-6-13(20(25)19(11)24)21-18(22(29)30-2)12(10-31-21)8-17(28)15-9-16-14(23)4-3-7-27(16)26-15;1-10-4-5-12(19(24)18(10)23)20-17(21(28)29)11(9-30-20)7-16(27)14-8-15-13(22)3-2-6-26(15)25-14;1-6-3-4-7(11(15)10(6)14)12-9(13(17)18-2)8(16)5-19-12;9-8(13)6-4-7-5(10)2-1-3-12(7)11-6;2-1-3;;/h3-7,9-10H,8H2,1-2H3;2-6,8-9H,7H2,1H3,(H,28,29);3-5H,16H2,1-2H3;1-4H;1H2;;1H2/q;;;;;+1;/p-1. The fourth-order valence-electron chi connectivity index (χ4n) is 9.19. The summed E-state index contributed by atoms with van der Waals surface area (Å²) in [7, 11) is 2.36. The molecule has 33 heteroatoms. The van der Waals surface area contributed by atoms with E-state index in [0.29, 0.717) is 0 Å². The van der Waals surface area contributed by atoms with Gasteiger partial charge < -0.3 is 25.8 Å². The summed E-state index contributed by atoms with van der Waals surface area (Å²) >= 11 is 17.7. The Kier molecular flexibility index (Phi) is 26.9. The molecule has 0 amide bonds. The first-order valence-corrected chi connectivity index (χ1v) is 31.4. The normalized spacial score (nSPS) is 10.6. The van der Waals surface area contributed by atoms with Crippen molar-refractivity contribution in [1.29, 1.82) is 0 Å². The Labute approximate surface area is 587 Å². The number of halogens is 12. The maximum Gasteiger partial charge on any atom is 1.00 e. The number of alkyl halides is 2. The molecule has 504 valence electrons. The van der Waals surface area contributed by atoms with Crippen molar-refractivity contribution < 1.29 is 107 Å². The number of nitrogen functional groups attached to an aromatic ring is 1. The van der Waals surface area contributed by atoms with Crippen LogP contribution in [0.5, 0.6) is 0 Å². The van der Waals surface area contributed by atoms with Gasteiger partial charge in [0.2, 0.25) is 0 Å². The van der Waals surface area contributed by atoms with Crippen LogP contribution in [0, 0.1) is 73.1 Å². The SMILES string of the molecule is COC(=O)c1c(CC(=O)c2cc3c(F)cccn3n2)csc1-c1ccc(C)c(F)c1F.COC(=O)c1c(N)csc1-c1ccc(C)c(F)c1F.Cc1ccc(-c2scc(CC(=O)c3cc4c(F)cccn4n3)c2C(=O)O)c(F)c1F.ClCCl.O=C(Cl)c1cc2c(F)cccn2n1.[Li+].[OH-]. The molecule has 0 saturated carbocycles. The molecule has 3 aromatic carbocycles. The smallest absolute Gasteiger partial charge is 0.870 e. The van der Waals surface area contributed by atoms with E-state index in [1.807, 2.05) is 0 Å². The largest absolute Gasteiger partial charge is 1.00 e. The number of carbonyl (C=O) groups is 6. The summed E-state index contributed by atoms with van der Waals surface area (Å²) in [4.78, 5) is 72.5. The molecule has 9 aromatic heterocycles. The van der Waals surface area contributed by atoms with E-state index in [1.54, 1.807) is 6.20 Å². The van der Waals surface area contributed by atoms with Crippen LogP contribution in [-0.4, -0.2) is 93.7 Å². The van der Waals surface area contributed by atoms with Crippen molar-refractivity contribution in [2.45, 2.75) is 33.6 Å². The number of anilines is 1. The van der Waals surface area contributed by atoms with Crippen molar-refractivity contribution in [3.05, 3.63) is 240 Å². The summed E-state index contributed by atoms with van der Waals surface area (Å²) in [5.74, 6) is -11.5. The van der Waals surface area contributed by atoms with Gasteiger partial charge in [0.15, 0.2) is 46.5 Å². The van der Waals surface area contributed by atoms with E-state index < -0.39 is 87.1 Å². The maximum atomic E-state index is 14.6. The Morgan fingerprint density at radius 1 is 0.500 bits per heavy atom. The fourth-order valence-corrected chi connectivity index (χ4v) is 12.4. The second-order valence-electron chi connectivity index (χ2n) is 20.0. The molecule has 0 spiro atoms. The number of nitrogens with zero attached hydrogens (tertiary/aromatic N) is 6. The van der Waals surface area contributed by atoms with Crippen LogP contribution >= 0.6 is 68.8 Å².